The molecule has 0 saturated carbocycles. The first-order valence-electron chi connectivity index (χ1n) is 11.2. The number of unbranched alkanes of at least 4 members (excludes halogenated alkanes) is 2. The summed E-state index contributed by atoms with van der Waals surface area (Å²) in [6.45, 7) is 14.2. The fraction of sp³-hybridized carbons (Fsp3) is 0.462. The van der Waals surface area contributed by atoms with Crippen LogP contribution in [0.4, 0.5) is 0 Å². The fourth-order valence-electron chi connectivity index (χ4n) is 3.46. The van der Waals surface area contributed by atoms with Gasteiger partial charge in [0.15, 0.2) is 0 Å². The van der Waals surface area contributed by atoms with Gasteiger partial charge in [-0.05, 0) is 55.7 Å². The molecule has 0 spiro atoms. The Morgan fingerprint density at radius 3 is 2.00 bits per heavy atom. The lowest BCUT2D eigenvalue weighted by molar-refractivity contribution is 0.188. The minimum absolute atomic E-state index is 0.775. The predicted molar refractivity (Wildman–Crippen MR) is 129 cm³/mol. The van der Waals surface area contributed by atoms with Crippen molar-refractivity contribution in [3.05, 3.63) is 72.3 Å². The summed E-state index contributed by atoms with van der Waals surface area (Å²) in [6, 6.07) is 19.5. The van der Waals surface area contributed by atoms with Crippen molar-refractivity contribution in [2.75, 3.05) is 32.1 Å². The zero-order chi connectivity index (χ0) is 20.9. The van der Waals surface area contributed by atoms with E-state index in [0.717, 1.165) is 18.4 Å². The molecule has 3 heteroatoms. The smallest absolute Gasteiger partial charge is 0.132 e. The van der Waals surface area contributed by atoms with E-state index in [9.17, 15) is 0 Å². The molecule has 0 aliphatic carbocycles. The maximum Gasteiger partial charge on any atom is 0.132 e. The average Bonchev–Trinajstić information content (AvgIpc) is 2.78. The third kappa shape index (κ3) is 7.92. The Labute approximate surface area is 180 Å². The van der Waals surface area contributed by atoms with Gasteiger partial charge in [-0.25, -0.2) is 0 Å². The largest absolute Gasteiger partial charge is 0.385 e. The van der Waals surface area contributed by atoms with Gasteiger partial charge in [0.25, 0.3) is 0 Å². The first-order chi connectivity index (χ1) is 14.2. The number of hydrogen-bond acceptors (Lipinski definition) is 2. The second-order valence-electron chi connectivity index (χ2n) is 7.65. The molecular formula is C26H38NOSi. The van der Waals surface area contributed by atoms with Crippen LogP contribution in [0.2, 0.25) is 0 Å². The van der Waals surface area contributed by atoms with Crippen molar-refractivity contribution >= 4 is 19.6 Å². The van der Waals surface area contributed by atoms with Crippen LogP contribution in [-0.2, 0) is 4.74 Å². The van der Waals surface area contributed by atoms with Crippen LogP contribution in [0.1, 0.15) is 57.6 Å². The number of nitrogens with zero attached hydrogens (tertiary/aromatic N) is 1. The molecule has 0 fully saturated rings. The predicted octanol–water partition coefficient (Wildman–Crippen LogP) is 5.47. The third-order valence-electron chi connectivity index (χ3n) is 5.31. The van der Waals surface area contributed by atoms with Crippen molar-refractivity contribution in [3.8, 4) is 0 Å². The van der Waals surface area contributed by atoms with Crippen LogP contribution >= 0.6 is 0 Å². The fourth-order valence-corrected chi connectivity index (χ4v) is 5.85. The summed E-state index contributed by atoms with van der Waals surface area (Å²) >= 11 is 0. The molecule has 0 aliphatic rings. The van der Waals surface area contributed by atoms with E-state index in [1.807, 2.05) is 6.07 Å². The molecule has 0 unspecified atom stereocenters. The Bertz CT molecular complexity index is 690. The quantitative estimate of drug-likeness (QED) is 0.385. The van der Waals surface area contributed by atoms with E-state index >= 15 is 0 Å². The molecule has 0 amide bonds. The molecule has 29 heavy (non-hydrogen) atoms. The Hall–Kier alpha value is -1.68. The zero-order valence-electron chi connectivity index (χ0n) is 18.6. The average molecular weight is 409 g/mol. The van der Waals surface area contributed by atoms with Crippen molar-refractivity contribution < 1.29 is 4.74 Å². The van der Waals surface area contributed by atoms with Crippen LogP contribution in [0.15, 0.2) is 61.2 Å². The Kier molecular flexibility index (Phi) is 11.0. The lowest BCUT2D eigenvalue weighted by atomic mass is 10.00. The molecule has 2 rings (SSSR count). The summed E-state index contributed by atoms with van der Waals surface area (Å²) < 4.78 is 5.91. The van der Waals surface area contributed by atoms with Crippen molar-refractivity contribution in [1.29, 1.82) is 0 Å². The third-order valence-corrected chi connectivity index (χ3v) is 7.85. The first kappa shape index (κ1) is 23.6. The van der Waals surface area contributed by atoms with Gasteiger partial charge in [0.05, 0.1) is 0 Å². The lowest BCUT2D eigenvalue weighted by Crippen LogP contribution is -2.47. The highest BCUT2D eigenvalue weighted by Crippen LogP contribution is 2.20. The van der Waals surface area contributed by atoms with Crippen molar-refractivity contribution in [1.82, 2.24) is 4.90 Å². The van der Waals surface area contributed by atoms with Gasteiger partial charge in [-0.2, -0.15) is 0 Å². The summed E-state index contributed by atoms with van der Waals surface area (Å²) in [5.41, 5.74) is 3.47. The molecule has 0 aliphatic heterocycles. The van der Waals surface area contributed by atoms with Crippen LogP contribution in [0.5, 0.6) is 0 Å². The first-order valence-corrected chi connectivity index (χ1v) is 13.1. The van der Waals surface area contributed by atoms with Crippen LogP contribution in [-0.4, -0.2) is 45.8 Å². The van der Waals surface area contributed by atoms with Gasteiger partial charge in [0.1, 0.15) is 8.80 Å². The van der Waals surface area contributed by atoms with Gasteiger partial charge in [0.2, 0.25) is 0 Å². The Balaban J connectivity index is 2.12. The molecule has 2 aromatic carbocycles. The van der Waals surface area contributed by atoms with Gasteiger partial charge in [-0.3, -0.25) is 0 Å². The summed E-state index contributed by atoms with van der Waals surface area (Å²) in [6.07, 6.45) is 7.13. The second-order valence-corrected chi connectivity index (χ2v) is 10.0. The van der Waals surface area contributed by atoms with Gasteiger partial charge >= 0.3 is 0 Å². The number of hydrogen-bond donors (Lipinski definition) is 0. The van der Waals surface area contributed by atoms with Crippen LogP contribution < -0.4 is 5.19 Å². The van der Waals surface area contributed by atoms with E-state index in [0.29, 0.717) is 0 Å². The van der Waals surface area contributed by atoms with E-state index in [-0.39, 0.29) is 0 Å². The maximum atomic E-state index is 5.91. The van der Waals surface area contributed by atoms with Crippen LogP contribution in [0, 0.1) is 0 Å². The molecule has 0 bridgehead atoms. The summed E-state index contributed by atoms with van der Waals surface area (Å²) in [5, 5.41) is 1.46. The molecule has 2 aromatic rings. The highest BCUT2D eigenvalue weighted by atomic mass is 28.3. The molecule has 0 aromatic heterocycles. The molecule has 0 saturated heterocycles. The normalized spacial score (nSPS) is 11.3. The van der Waals surface area contributed by atoms with Gasteiger partial charge < -0.3 is 9.64 Å². The number of ether oxygens (including phenoxy) is 1. The topological polar surface area (TPSA) is 12.5 Å². The molecule has 0 atom stereocenters. The van der Waals surface area contributed by atoms with Gasteiger partial charge in [-0.15, -0.1) is 0 Å². The molecule has 157 valence electrons. The zero-order valence-corrected chi connectivity index (χ0v) is 19.6. The minimum Gasteiger partial charge on any atom is -0.385 e. The standard InChI is InChI=1S/C26H38NOSi/c1-5-8-19-27(20-9-6-2)21-29(22-28-7-3)26-17-15-25(16-18-26)23(4)24-13-11-10-12-14-24/h10-18H,4-9,19-22H2,1-3H3. The summed E-state index contributed by atoms with van der Waals surface area (Å²) in [5.74, 6) is 0. The van der Waals surface area contributed by atoms with Crippen LogP contribution in [0.25, 0.3) is 5.57 Å². The highest BCUT2D eigenvalue weighted by molar-refractivity contribution is 6.73. The Morgan fingerprint density at radius 2 is 1.45 bits per heavy atom. The molecule has 0 heterocycles. The number of rotatable bonds is 14. The highest BCUT2D eigenvalue weighted by Gasteiger charge is 2.19. The SMILES string of the molecule is C=C(c1ccccc1)c1ccc([Si](COCC)CN(CCCC)CCCC)cc1. The van der Waals surface area contributed by atoms with Gasteiger partial charge in [-0.1, -0.05) is 93.1 Å². The van der Waals surface area contributed by atoms with Crippen LogP contribution in [0.3, 0.4) is 0 Å². The molecular weight excluding hydrogens is 370 g/mol. The molecule has 2 nitrogen and oxygen atoms in total. The van der Waals surface area contributed by atoms with Gasteiger partial charge in [0, 0.05) is 12.8 Å². The van der Waals surface area contributed by atoms with E-state index in [1.54, 1.807) is 0 Å². The Morgan fingerprint density at radius 1 is 0.862 bits per heavy atom. The van der Waals surface area contributed by atoms with E-state index in [1.165, 1.54) is 61.3 Å². The van der Waals surface area contributed by atoms with E-state index < -0.39 is 8.80 Å². The minimum atomic E-state index is -0.775. The molecule has 1 radical (unpaired) electrons. The number of benzene rings is 2. The van der Waals surface area contributed by atoms with Crippen molar-refractivity contribution in [2.45, 2.75) is 46.5 Å². The lowest BCUT2D eigenvalue weighted by Gasteiger charge is -2.27. The summed E-state index contributed by atoms with van der Waals surface area (Å²) in [4.78, 5) is 2.68. The van der Waals surface area contributed by atoms with Crippen molar-refractivity contribution in [3.63, 3.8) is 0 Å². The van der Waals surface area contributed by atoms with E-state index in [4.69, 9.17) is 4.74 Å². The maximum absolute atomic E-state index is 5.91. The van der Waals surface area contributed by atoms with Crippen molar-refractivity contribution in [2.24, 2.45) is 0 Å². The van der Waals surface area contributed by atoms with E-state index in [2.05, 4.69) is 80.8 Å². The summed E-state index contributed by atoms with van der Waals surface area (Å²) in [7, 11) is -0.775. The molecule has 0 N–H and O–H groups in total. The monoisotopic (exact) mass is 408 g/mol. The second kappa shape index (κ2) is 13.5.